The predicted molar refractivity (Wildman–Crippen MR) is 68.6 cm³/mol. The maximum absolute atomic E-state index is 8.67. The summed E-state index contributed by atoms with van der Waals surface area (Å²) in [5.74, 6) is 0.822. The first-order valence-electron chi connectivity index (χ1n) is 5.44. The van der Waals surface area contributed by atoms with Crippen molar-refractivity contribution in [2.75, 3.05) is 13.2 Å². The largest absolute Gasteiger partial charge is 0.493 e. The number of nitrogens with two attached hydrogens (primary N) is 1. The van der Waals surface area contributed by atoms with E-state index in [4.69, 9.17) is 15.6 Å². The van der Waals surface area contributed by atoms with Gasteiger partial charge >= 0.3 is 0 Å². The van der Waals surface area contributed by atoms with Crippen molar-refractivity contribution in [3.63, 3.8) is 0 Å². The Hall–Kier alpha value is -0.580. The molecule has 0 saturated heterocycles. The highest BCUT2D eigenvalue weighted by Gasteiger charge is 2.08. The molecule has 0 amide bonds. The van der Waals surface area contributed by atoms with Crippen LogP contribution in [0, 0.1) is 0 Å². The zero-order valence-electron chi connectivity index (χ0n) is 9.45. The van der Waals surface area contributed by atoms with E-state index < -0.39 is 0 Å². The molecular formula is C12H18BrNO2. The van der Waals surface area contributed by atoms with E-state index in [1.165, 1.54) is 0 Å². The molecule has 1 atom stereocenters. The first-order valence-corrected chi connectivity index (χ1v) is 6.23. The molecule has 0 unspecified atom stereocenters. The van der Waals surface area contributed by atoms with Gasteiger partial charge in [-0.2, -0.15) is 0 Å². The van der Waals surface area contributed by atoms with E-state index in [0.29, 0.717) is 6.61 Å². The van der Waals surface area contributed by atoms with Crippen LogP contribution in [0.2, 0.25) is 0 Å². The lowest BCUT2D eigenvalue weighted by atomic mass is 10.1. The zero-order valence-corrected chi connectivity index (χ0v) is 11.0. The van der Waals surface area contributed by atoms with Gasteiger partial charge in [-0.1, -0.05) is 22.0 Å². The Balaban J connectivity index is 2.65. The third kappa shape index (κ3) is 4.12. The lowest BCUT2D eigenvalue weighted by Gasteiger charge is -2.14. The fourth-order valence-corrected chi connectivity index (χ4v) is 1.75. The van der Waals surface area contributed by atoms with Crippen molar-refractivity contribution in [2.45, 2.75) is 25.8 Å². The highest BCUT2D eigenvalue weighted by molar-refractivity contribution is 9.10. The number of hydrogen-bond donors (Lipinski definition) is 2. The number of aliphatic hydroxyl groups is 1. The minimum Gasteiger partial charge on any atom is -0.493 e. The summed E-state index contributed by atoms with van der Waals surface area (Å²) in [5, 5.41) is 8.67. The summed E-state index contributed by atoms with van der Waals surface area (Å²) in [6, 6.07) is 5.81. The number of hydrogen-bond acceptors (Lipinski definition) is 3. The maximum atomic E-state index is 8.67. The van der Waals surface area contributed by atoms with Gasteiger partial charge in [0.1, 0.15) is 5.75 Å². The molecule has 0 aliphatic carbocycles. The van der Waals surface area contributed by atoms with Gasteiger partial charge in [0.05, 0.1) is 6.61 Å². The summed E-state index contributed by atoms with van der Waals surface area (Å²) in [6.45, 7) is 2.75. The monoisotopic (exact) mass is 287 g/mol. The van der Waals surface area contributed by atoms with Crippen molar-refractivity contribution in [3.8, 4) is 5.75 Å². The first-order chi connectivity index (χ1) is 7.65. The second-order valence-electron chi connectivity index (χ2n) is 3.75. The molecule has 90 valence electrons. The molecule has 0 bridgehead atoms. The minimum atomic E-state index is -0.0408. The van der Waals surface area contributed by atoms with Gasteiger partial charge in [-0.15, -0.1) is 0 Å². The minimum absolute atomic E-state index is 0.0408. The van der Waals surface area contributed by atoms with Gasteiger partial charge in [0.15, 0.2) is 0 Å². The second-order valence-corrected chi connectivity index (χ2v) is 4.67. The van der Waals surface area contributed by atoms with Gasteiger partial charge < -0.3 is 15.6 Å². The Labute approximate surface area is 105 Å². The second kappa shape index (κ2) is 6.89. The molecule has 0 aliphatic rings. The van der Waals surface area contributed by atoms with Crippen molar-refractivity contribution in [2.24, 2.45) is 5.73 Å². The molecule has 0 heterocycles. The van der Waals surface area contributed by atoms with E-state index in [1.807, 2.05) is 25.1 Å². The molecule has 0 radical (unpaired) electrons. The van der Waals surface area contributed by atoms with Crippen LogP contribution in [0.15, 0.2) is 22.7 Å². The smallest absolute Gasteiger partial charge is 0.125 e. The molecule has 3 N–H and O–H groups in total. The van der Waals surface area contributed by atoms with E-state index in [2.05, 4.69) is 15.9 Å². The molecule has 4 heteroatoms. The Morgan fingerprint density at radius 2 is 2.19 bits per heavy atom. The van der Waals surface area contributed by atoms with E-state index in [9.17, 15) is 0 Å². The van der Waals surface area contributed by atoms with Crippen LogP contribution in [0.25, 0.3) is 0 Å². The number of ether oxygens (including phenoxy) is 1. The standard InChI is InChI=1S/C12H18BrNO2/c1-9(14)11-5-4-10(13)8-12(11)16-7-3-2-6-15/h4-5,8-9,15H,2-3,6-7,14H2,1H3/t9-/m1/s1. The average Bonchev–Trinajstić information content (AvgIpc) is 2.24. The van der Waals surface area contributed by atoms with Gasteiger partial charge in [-0.3, -0.25) is 0 Å². The molecular weight excluding hydrogens is 270 g/mol. The van der Waals surface area contributed by atoms with Crippen LogP contribution in [0.3, 0.4) is 0 Å². The first kappa shape index (κ1) is 13.5. The number of unbranched alkanes of at least 4 members (excludes halogenated alkanes) is 1. The van der Waals surface area contributed by atoms with Crippen molar-refractivity contribution in [1.29, 1.82) is 0 Å². The number of aliphatic hydroxyl groups excluding tert-OH is 1. The topological polar surface area (TPSA) is 55.5 Å². The lowest BCUT2D eigenvalue weighted by molar-refractivity contribution is 0.252. The van der Waals surface area contributed by atoms with Crippen LogP contribution < -0.4 is 10.5 Å². The van der Waals surface area contributed by atoms with Crippen LogP contribution in [-0.2, 0) is 0 Å². The quantitative estimate of drug-likeness (QED) is 0.791. The molecule has 1 aromatic carbocycles. The van der Waals surface area contributed by atoms with Crippen LogP contribution in [0.4, 0.5) is 0 Å². The summed E-state index contributed by atoms with van der Waals surface area (Å²) in [5.41, 5.74) is 6.87. The summed E-state index contributed by atoms with van der Waals surface area (Å²) in [4.78, 5) is 0. The van der Waals surface area contributed by atoms with Crippen molar-refractivity contribution >= 4 is 15.9 Å². The maximum Gasteiger partial charge on any atom is 0.125 e. The predicted octanol–water partition coefficient (Wildman–Crippen LogP) is 2.62. The molecule has 0 aliphatic heterocycles. The Morgan fingerprint density at radius 1 is 1.44 bits per heavy atom. The number of rotatable bonds is 6. The van der Waals surface area contributed by atoms with Crippen molar-refractivity contribution in [3.05, 3.63) is 28.2 Å². The molecule has 0 aromatic heterocycles. The van der Waals surface area contributed by atoms with Crippen LogP contribution in [-0.4, -0.2) is 18.3 Å². The van der Waals surface area contributed by atoms with E-state index in [1.54, 1.807) is 0 Å². The fourth-order valence-electron chi connectivity index (χ4n) is 1.41. The molecule has 0 spiro atoms. The summed E-state index contributed by atoms with van der Waals surface area (Å²) < 4.78 is 6.64. The van der Waals surface area contributed by atoms with Gasteiger partial charge in [0.2, 0.25) is 0 Å². The van der Waals surface area contributed by atoms with Gasteiger partial charge in [-0.25, -0.2) is 0 Å². The molecule has 0 fully saturated rings. The van der Waals surface area contributed by atoms with Crippen LogP contribution >= 0.6 is 15.9 Å². The highest BCUT2D eigenvalue weighted by atomic mass is 79.9. The van der Waals surface area contributed by atoms with E-state index in [0.717, 1.165) is 28.6 Å². The zero-order chi connectivity index (χ0) is 12.0. The number of benzene rings is 1. The third-order valence-electron chi connectivity index (χ3n) is 2.28. The van der Waals surface area contributed by atoms with Crippen LogP contribution in [0.1, 0.15) is 31.4 Å². The fraction of sp³-hybridized carbons (Fsp3) is 0.500. The van der Waals surface area contributed by atoms with Crippen LogP contribution in [0.5, 0.6) is 5.75 Å². The summed E-state index contributed by atoms with van der Waals surface area (Å²) in [6.07, 6.45) is 1.61. The van der Waals surface area contributed by atoms with Gasteiger partial charge in [0.25, 0.3) is 0 Å². The SMILES string of the molecule is C[C@@H](N)c1ccc(Br)cc1OCCCCO. The highest BCUT2D eigenvalue weighted by Crippen LogP contribution is 2.27. The third-order valence-corrected chi connectivity index (χ3v) is 2.77. The van der Waals surface area contributed by atoms with Gasteiger partial charge in [-0.05, 0) is 31.9 Å². The molecule has 3 nitrogen and oxygen atoms in total. The average molecular weight is 288 g/mol. The molecule has 0 saturated carbocycles. The Morgan fingerprint density at radius 3 is 2.81 bits per heavy atom. The Bertz CT molecular complexity index is 329. The van der Waals surface area contributed by atoms with E-state index >= 15 is 0 Å². The summed E-state index contributed by atoms with van der Waals surface area (Å²) in [7, 11) is 0. The lowest BCUT2D eigenvalue weighted by Crippen LogP contribution is -2.08. The van der Waals surface area contributed by atoms with E-state index in [-0.39, 0.29) is 12.6 Å². The Kier molecular flexibility index (Phi) is 5.80. The molecule has 1 rings (SSSR count). The van der Waals surface area contributed by atoms with Gasteiger partial charge in [0, 0.05) is 22.7 Å². The number of halogens is 1. The van der Waals surface area contributed by atoms with Crippen molar-refractivity contribution < 1.29 is 9.84 Å². The normalized spacial score (nSPS) is 12.5. The summed E-state index contributed by atoms with van der Waals surface area (Å²) >= 11 is 3.41. The molecule has 1 aromatic rings. The molecule has 16 heavy (non-hydrogen) atoms. The van der Waals surface area contributed by atoms with Crippen molar-refractivity contribution in [1.82, 2.24) is 0 Å².